The smallest absolute Gasteiger partial charge is 0.503 e. The summed E-state index contributed by atoms with van der Waals surface area (Å²) >= 11 is 0. The molecule has 0 amide bonds. The Bertz CT molecular complexity index is 3060. The fourth-order valence-corrected chi connectivity index (χ4v) is 7.95. The molecule has 322 valence electrons. The largest absolute Gasteiger partial charge is 2.00 e. The van der Waals surface area contributed by atoms with Crippen LogP contribution in [-0.2, 0) is 41.5 Å². The molecule has 0 saturated carbocycles. The number of hydrogen-bond acceptors (Lipinski definition) is 7. The van der Waals surface area contributed by atoms with E-state index in [4.69, 9.17) is 19.4 Å². The number of aromatic nitrogens is 6. The Hall–Kier alpha value is -6.62. The minimum Gasteiger partial charge on any atom is -0.503 e. The predicted molar refractivity (Wildman–Crippen MR) is 248 cm³/mol. The molecule has 0 aliphatic carbocycles. The molecule has 0 aliphatic rings. The van der Waals surface area contributed by atoms with Crippen molar-refractivity contribution < 1.29 is 51.0 Å². The van der Waals surface area contributed by atoms with Crippen molar-refractivity contribution in [2.75, 3.05) is 0 Å². The standard InChI is InChI=1S/C55H40N6O2.Pd.Pt/c1-35(2)47-29-51(57-31-49(47)37-13-7-5-8-14-37)39-17-11-19-41(25-39)62-43-21-23-45-46-24-22-44(28-54(46)61(53(45)27-43)55-59-33-56-34-60-55)63-42-20-12-18-40(26-42)52-30-48(36(3)4)50(32-58-52)38-15-9-6-10-16-38;;/h5-24,29-36H,1-4H3;;/q-4;2*+2. The molecule has 10 aromatic rings. The summed E-state index contributed by atoms with van der Waals surface area (Å²) in [5.74, 6) is 3.08. The third-order valence-corrected chi connectivity index (χ3v) is 11.0. The van der Waals surface area contributed by atoms with Gasteiger partial charge in [-0.05, 0) is 45.5 Å². The Morgan fingerprint density at radius 1 is 0.477 bits per heavy atom. The van der Waals surface area contributed by atoms with Gasteiger partial charge < -0.3 is 24.0 Å². The second-order valence-corrected chi connectivity index (χ2v) is 15.9. The number of pyridine rings is 2. The molecule has 8 nitrogen and oxygen atoms in total. The number of benzene rings is 6. The van der Waals surface area contributed by atoms with Gasteiger partial charge in [-0.1, -0.05) is 124 Å². The molecule has 10 heteroatoms. The molecule has 10 rings (SSSR count). The van der Waals surface area contributed by atoms with Crippen LogP contribution in [0.5, 0.6) is 23.0 Å². The Morgan fingerprint density at radius 2 is 0.908 bits per heavy atom. The fraction of sp³-hybridized carbons (Fsp3) is 0.109. The third kappa shape index (κ3) is 9.32. The number of fused-ring (bicyclic) bond motifs is 3. The summed E-state index contributed by atoms with van der Waals surface area (Å²) < 4.78 is 14.8. The van der Waals surface area contributed by atoms with Crippen LogP contribution in [0.15, 0.2) is 159 Å². The van der Waals surface area contributed by atoms with E-state index in [1.807, 2.05) is 89.8 Å². The van der Waals surface area contributed by atoms with Gasteiger partial charge in [0.05, 0.1) is 0 Å². The van der Waals surface area contributed by atoms with Crippen LogP contribution >= 0.6 is 0 Å². The van der Waals surface area contributed by atoms with E-state index < -0.39 is 0 Å². The molecule has 0 atom stereocenters. The first-order chi connectivity index (χ1) is 30.9. The topological polar surface area (TPSA) is 87.8 Å². The molecule has 0 saturated heterocycles. The van der Waals surface area contributed by atoms with Gasteiger partial charge >= 0.3 is 41.5 Å². The molecule has 65 heavy (non-hydrogen) atoms. The zero-order chi connectivity index (χ0) is 42.9. The maximum absolute atomic E-state index is 6.46. The summed E-state index contributed by atoms with van der Waals surface area (Å²) in [6.07, 6.45) is 6.85. The minimum atomic E-state index is 0. The maximum Gasteiger partial charge on any atom is 2.00 e. The first-order valence-electron chi connectivity index (χ1n) is 20.9. The van der Waals surface area contributed by atoms with Gasteiger partial charge in [0.2, 0.25) is 5.95 Å². The quantitative estimate of drug-likeness (QED) is 0.0942. The average Bonchev–Trinajstić information content (AvgIpc) is 3.64. The van der Waals surface area contributed by atoms with Crippen molar-refractivity contribution in [3.8, 4) is 73.7 Å². The Labute approximate surface area is 406 Å². The first-order valence-corrected chi connectivity index (χ1v) is 20.9. The van der Waals surface area contributed by atoms with Crippen LogP contribution in [0.1, 0.15) is 50.7 Å². The van der Waals surface area contributed by atoms with Gasteiger partial charge in [-0.15, -0.1) is 71.8 Å². The maximum atomic E-state index is 6.46. The second kappa shape index (κ2) is 19.6. The fourth-order valence-electron chi connectivity index (χ4n) is 7.95. The van der Waals surface area contributed by atoms with Gasteiger partial charge in [0.1, 0.15) is 12.7 Å². The van der Waals surface area contributed by atoms with Crippen LogP contribution in [0.25, 0.3) is 72.5 Å². The predicted octanol–water partition coefficient (Wildman–Crippen LogP) is 13.5. The number of ether oxygens (including phenoxy) is 2. The molecule has 4 aromatic heterocycles. The molecule has 6 aromatic carbocycles. The van der Waals surface area contributed by atoms with Crippen LogP contribution in [0.3, 0.4) is 0 Å². The van der Waals surface area contributed by atoms with E-state index >= 15 is 0 Å². The van der Waals surface area contributed by atoms with Gasteiger partial charge in [-0.3, -0.25) is 0 Å². The summed E-state index contributed by atoms with van der Waals surface area (Å²) in [5, 5.41) is 1.84. The van der Waals surface area contributed by atoms with E-state index in [9.17, 15) is 0 Å². The minimum absolute atomic E-state index is 0. The molecule has 0 unspecified atom stereocenters. The van der Waals surface area contributed by atoms with Gasteiger partial charge in [-0.25, -0.2) is 15.0 Å². The van der Waals surface area contributed by atoms with Gasteiger partial charge in [-0.2, -0.15) is 22.9 Å². The van der Waals surface area contributed by atoms with Crippen molar-refractivity contribution in [3.05, 3.63) is 194 Å². The second-order valence-electron chi connectivity index (χ2n) is 15.9. The molecule has 0 radical (unpaired) electrons. The Kier molecular flexibility index (Phi) is 13.6. The van der Waals surface area contributed by atoms with Crippen LogP contribution in [0, 0.1) is 24.3 Å². The van der Waals surface area contributed by atoms with E-state index in [0.29, 0.717) is 51.8 Å². The Balaban J connectivity index is 0.00000288. The summed E-state index contributed by atoms with van der Waals surface area (Å²) in [6.45, 7) is 8.81. The summed E-state index contributed by atoms with van der Waals surface area (Å²) in [5.41, 5.74) is 11.7. The summed E-state index contributed by atoms with van der Waals surface area (Å²) in [4.78, 5) is 22.8. The van der Waals surface area contributed by atoms with Crippen molar-refractivity contribution >= 4 is 21.8 Å². The van der Waals surface area contributed by atoms with Crippen LogP contribution < -0.4 is 9.47 Å². The number of hydrogen-bond donors (Lipinski definition) is 0. The zero-order valence-electron chi connectivity index (χ0n) is 35.8. The van der Waals surface area contributed by atoms with Crippen LogP contribution in [0.4, 0.5) is 0 Å². The van der Waals surface area contributed by atoms with Crippen molar-refractivity contribution in [1.82, 2.24) is 29.5 Å². The van der Waals surface area contributed by atoms with Crippen molar-refractivity contribution in [3.63, 3.8) is 0 Å². The van der Waals surface area contributed by atoms with E-state index in [2.05, 4.69) is 128 Å². The molecule has 0 bridgehead atoms. The van der Waals surface area contributed by atoms with E-state index in [0.717, 1.165) is 55.5 Å². The van der Waals surface area contributed by atoms with E-state index in [-0.39, 0.29) is 41.5 Å². The van der Waals surface area contributed by atoms with Gasteiger partial charge in [0.25, 0.3) is 0 Å². The van der Waals surface area contributed by atoms with Crippen molar-refractivity contribution in [1.29, 1.82) is 0 Å². The van der Waals surface area contributed by atoms with Crippen LogP contribution in [0.2, 0.25) is 0 Å². The summed E-state index contributed by atoms with van der Waals surface area (Å²) in [7, 11) is 0. The number of rotatable bonds is 11. The monoisotopic (exact) mass is 1120 g/mol. The zero-order valence-corrected chi connectivity index (χ0v) is 39.6. The first kappa shape index (κ1) is 45.0. The molecule has 0 spiro atoms. The van der Waals surface area contributed by atoms with Crippen molar-refractivity contribution in [2.24, 2.45) is 0 Å². The number of nitrogens with zero attached hydrogens (tertiary/aromatic N) is 6. The third-order valence-electron chi connectivity index (χ3n) is 11.0. The Morgan fingerprint density at radius 3 is 1.34 bits per heavy atom. The van der Waals surface area contributed by atoms with E-state index in [1.165, 1.54) is 23.8 Å². The van der Waals surface area contributed by atoms with E-state index in [1.54, 1.807) is 0 Å². The molecular weight excluding hydrogens is 1080 g/mol. The van der Waals surface area contributed by atoms with Crippen LogP contribution in [-0.4, -0.2) is 29.5 Å². The average molecular weight is 1120 g/mol. The molecule has 0 fully saturated rings. The molecule has 0 N–H and O–H groups in total. The molecule has 0 aliphatic heterocycles. The normalized spacial score (nSPS) is 11.1. The van der Waals surface area contributed by atoms with Gasteiger partial charge in [0.15, 0.2) is 0 Å². The molecule has 4 heterocycles. The molecular formula is C55H40N6O2PdPt. The van der Waals surface area contributed by atoms with Gasteiger partial charge in [0, 0.05) is 46.5 Å². The summed E-state index contributed by atoms with van der Waals surface area (Å²) in [6, 6.07) is 58.4. The SMILES string of the molecule is CC(C)c1cc(-c2[c-]c(Oc3[c-]c4c(cc3)c3ccc(Oc5[c-]c(-c6cc(C(C)C)c(-c7ccccc7)cn6)ccc5)[c-]c3n4-c3ncncn3)ccc2)ncc1-c1ccccc1.[Pd+2].[Pt+2]. The van der Waals surface area contributed by atoms with Crippen molar-refractivity contribution in [2.45, 2.75) is 39.5 Å².